The predicted molar refractivity (Wildman–Crippen MR) is 708 cm³/mol. The van der Waals surface area contributed by atoms with Gasteiger partial charge < -0.3 is 57.3 Å². The molecule has 0 amide bonds. The lowest BCUT2D eigenvalue weighted by molar-refractivity contribution is 0.496. The van der Waals surface area contributed by atoms with E-state index in [-0.39, 0.29) is 0 Å². The molecule has 0 heterocycles. The number of hydrogen-bond donors (Lipinski definition) is 20. The van der Waals surface area contributed by atoms with Gasteiger partial charge in [0.25, 0.3) is 0 Å². The van der Waals surface area contributed by atoms with Crippen molar-refractivity contribution >= 4 is 329 Å². The summed E-state index contributed by atoms with van der Waals surface area (Å²) >= 11 is 42.2. The van der Waals surface area contributed by atoms with Crippen molar-refractivity contribution in [2.45, 2.75) is 403 Å². The van der Waals surface area contributed by atoms with Gasteiger partial charge in [-0.25, -0.2) is 12.3 Å². The first-order valence-electron chi connectivity index (χ1n) is 48.1. The van der Waals surface area contributed by atoms with Crippen molar-refractivity contribution < 1.29 is 8.78 Å². The molecule has 0 atom stereocenters. The topological polar surface area (TPSA) is 380 Å². The van der Waals surface area contributed by atoms with E-state index in [4.69, 9.17) is 74.8 Å². The number of rotatable bonds is 66. The van der Waals surface area contributed by atoms with Gasteiger partial charge in [-0.3, -0.25) is 31.8 Å². The van der Waals surface area contributed by atoms with Gasteiger partial charge in [-0.15, -0.1) is 36.4 Å². The van der Waals surface area contributed by atoms with Gasteiger partial charge >= 0.3 is 0 Å². The van der Waals surface area contributed by atoms with E-state index < -0.39 is 13.6 Å². The molecule has 30 N–H and O–H groups in total. The molecule has 0 bridgehead atoms. The van der Waals surface area contributed by atoms with Gasteiger partial charge in [0.2, 0.25) is 0 Å². The molecule has 128 heavy (non-hydrogen) atoms. The average molecular weight is 3370 g/mol. The van der Waals surface area contributed by atoms with Crippen LogP contribution in [-0.2, 0) is 0 Å². The zero-order chi connectivity index (χ0) is 103. The molecule has 0 saturated heterocycles. The Labute approximate surface area is 993 Å². The summed E-state index contributed by atoms with van der Waals surface area (Å²) in [4.78, 5) is 0. The highest BCUT2D eigenvalue weighted by Gasteiger charge is 1.97. The quantitative estimate of drug-likeness (QED) is 0.00671. The molecule has 0 rings (SSSR count). The number of halogens is 18. The second-order valence-corrected chi connectivity index (χ2v) is 39.9. The van der Waals surface area contributed by atoms with E-state index >= 15 is 0 Å². The fourth-order valence-corrected chi connectivity index (χ4v) is 12.9. The minimum Gasteiger partial charge on any atom is -0.331 e. The maximum Gasteiger partial charge on any atom is 0.148 e. The summed E-state index contributed by atoms with van der Waals surface area (Å²) in [6.07, 6.45) is 70.5. The first-order chi connectivity index (χ1) is 62.0. The van der Waals surface area contributed by atoms with Gasteiger partial charge in [0.15, 0.2) is 0 Å². The van der Waals surface area contributed by atoms with Crippen LogP contribution >= 0.6 is 329 Å². The summed E-state index contributed by atoms with van der Waals surface area (Å²) in [5.74, 6) is 1.27. The van der Waals surface area contributed by atoms with Crippen molar-refractivity contribution in [3.8, 4) is 0 Å². The fourth-order valence-electron chi connectivity index (χ4n) is 7.81. The van der Waals surface area contributed by atoms with E-state index in [9.17, 15) is 8.78 Å². The fraction of sp³-hybridized carbons (Fsp3) is 0.956. The van der Waals surface area contributed by atoms with Crippen LogP contribution in [0.2, 0.25) is 0 Å². The molecule has 0 aliphatic rings. The van der Waals surface area contributed by atoms with Crippen molar-refractivity contribution in [3.05, 3.63) is 25.3 Å². The van der Waals surface area contributed by atoms with Crippen molar-refractivity contribution in [1.82, 2.24) is 35.3 Å². The van der Waals surface area contributed by atoms with Gasteiger partial charge in [-0.05, 0) is 104 Å². The molecular formula is C90H218Br2Cl2F2I12N20. The van der Waals surface area contributed by atoms with Crippen LogP contribution in [0.3, 0.4) is 0 Å². The number of nitrogens with two attached hydrogens (primary N) is 10. The molecule has 0 radical (unpaired) electrons. The number of hydrogen-bond acceptors (Lipinski definition) is 20. The molecule has 38 heteroatoms. The van der Waals surface area contributed by atoms with Crippen LogP contribution in [0.4, 0.5) is 8.78 Å². The Morgan fingerprint density at radius 1 is 0.297 bits per heavy atom. The van der Waals surface area contributed by atoms with Crippen LogP contribution in [0.1, 0.15) is 391 Å². The van der Waals surface area contributed by atoms with E-state index in [0.717, 1.165) is 119 Å². The standard InChI is InChI=1S/C18H38IN.C18H39N.C8H18IN.C8H19N.C4H8IN.C4H9N.2C3H8IN.2C3H9N.C2H5BrIN.C2H6BrN.C2H5ClIN.C2H6ClN.C2H5I2N.2C2H6IN.C2H7N.CH3FIN.CH4FN/c1-2-3-4-5-6-7-8-9-10-11-12-13-14-15-16-17-18-20-19;1-2-3-4-5-6-7-8-9-10-11-12-13-14-15-16-17-18-19;1-2-3-4-5-6-7-8-10-9;1-2-3-4-5-6-7-8-9;1-2-3-4-6-5;1-2-3-4-5;1-3(2)5-4;1-2-3-5-4;1-3(2)4;1-2-3-4;3-1-2-5-4;3-1-2-4;3-1-2-5-4;3-1-2-4;3-1-2-5-4;1-2-4-3;3-1-2-4;1-2-3;2-1-4-3;2-1-3/h20H,2-18H2,1H3;2-19H2,1H3;10H,2-8H2,1H3;2-9H2,1H3;2,6H,1,3-4H2;2H,1,3-5H2;3,5H,1-2H3;5H,2-3H2,1H3;3H,4H2,1-2H3;2-4H2,1H3;5H,1-2H2;1-2,4H2;5H,1-2H2;1-2,4H2;5H,1-2H2;4H,2H2,1H3;1-2,4H2;2-3H2,1H3;4H,1H2;1,3H2. The van der Waals surface area contributed by atoms with E-state index in [1.54, 1.807) is 28.9 Å². The lowest BCUT2D eigenvalue weighted by Crippen LogP contribution is -2.08. The minimum atomic E-state index is -0.750. The molecule has 0 aromatic heterocycles. The monoisotopic (exact) mass is 3370 g/mol. The largest absolute Gasteiger partial charge is 0.331 e. The number of unbranched alkanes of at least 4 members (excludes halogenated alkanes) is 40. The van der Waals surface area contributed by atoms with Gasteiger partial charge in [-0.2, -0.15) is 0 Å². The highest BCUT2D eigenvalue weighted by molar-refractivity contribution is 14.1. The summed E-state index contributed by atoms with van der Waals surface area (Å²) < 4.78 is 52.1. The molecule has 0 fully saturated rings. The lowest BCUT2D eigenvalue weighted by atomic mass is 10.0. The molecule has 0 aliphatic carbocycles. The Morgan fingerprint density at radius 3 is 0.586 bits per heavy atom. The second kappa shape index (κ2) is 253. The number of alkyl halides is 8. The summed E-state index contributed by atoms with van der Waals surface area (Å²) in [7, 11) is 0. The van der Waals surface area contributed by atoms with Crippen molar-refractivity contribution in [1.29, 1.82) is 0 Å². The molecule has 0 unspecified atom stereocenters. The molecule has 0 aromatic carbocycles. The zero-order valence-corrected chi connectivity index (χ0v) is 115. The maximum absolute atomic E-state index is 10.6. The Hall–Kier alpha value is 8.84. The molecule has 0 aromatic rings. The summed E-state index contributed by atoms with van der Waals surface area (Å²) in [6.45, 7) is 45.9. The van der Waals surface area contributed by atoms with Crippen molar-refractivity contribution in [2.24, 2.45) is 57.3 Å². The summed E-state index contributed by atoms with van der Waals surface area (Å²) in [6, 6.07) is 0.954. The van der Waals surface area contributed by atoms with Gasteiger partial charge in [0.05, 0.1) is 0 Å². The van der Waals surface area contributed by atoms with Gasteiger partial charge in [0, 0.05) is 338 Å². The first kappa shape index (κ1) is 185. The van der Waals surface area contributed by atoms with E-state index in [1.807, 2.05) is 26.8 Å². The van der Waals surface area contributed by atoms with Crippen LogP contribution in [0, 0.1) is 0 Å². The zero-order valence-electron chi connectivity index (χ0n) is 84.2. The summed E-state index contributed by atoms with van der Waals surface area (Å²) in [5, 5.41) is 1.95. The molecule has 0 spiro atoms. The second-order valence-electron chi connectivity index (χ2n) is 28.0. The highest BCUT2D eigenvalue weighted by Crippen LogP contribution is 2.16. The van der Waals surface area contributed by atoms with Gasteiger partial charge in [-0.1, -0.05) is 415 Å². The van der Waals surface area contributed by atoms with E-state index in [2.05, 4.69) is 399 Å². The molecule has 0 saturated carbocycles. The lowest BCUT2D eigenvalue weighted by Gasteiger charge is -2.03. The van der Waals surface area contributed by atoms with Crippen molar-refractivity contribution in [2.75, 3.05) is 150 Å². The Bertz CT molecular complexity index is 1270. The van der Waals surface area contributed by atoms with Crippen LogP contribution in [0.15, 0.2) is 25.3 Å². The third kappa shape index (κ3) is 420. The first-order valence-corrected chi connectivity index (χ1v) is 65.3. The average Bonchev–Trinajstić information content (AvgIpc) is 1.12. The Morgan fingerprint density at radius 2 is 0.516 bits per heavy atom. The molecule has 804 valence electrons. The molecule has 20 nitrogen and oxygen atoms in total. The predicted octanol–water partition coefficient (Wildman–Crippen LogP) is 30.8. The normalized spacial score (nSPS) is 9.20. The van der Waals surface area contributed by atoms with Crippen molar-refractivity contribution in [3.63, 3.8) is 0 Å². The van der Waals surface area contributed by atoms with E-state index in [1.165, 1.54) is 306 Å². The number of nitrogens with one attached hydrogen (secondary N) is 10. The summed E-state index contributed by atoms with van der Waals surface area (Å²) in [5.41, 5.74) is 50.0. The Balaban J connectivity index is -0.0000000553. The minimum absolute atomic E-state index is 0.333. The third-order valence-corrected chi connectivity index (χ3v) is 22.6. The molecular weight excluding hydrogens is 3150 g/mol. The highest BCUT2D eigenvalue weighted by atomic mass is 127. The van der Waals surface area contributed by atoms with Crippen LogP contribution in [0.25, 0.3) is 0 Å². The van der Waals surface area contributed by atoms with E-state index in [0.29, 0.717) is 30.4 Å². The Kier molecular flexibility index (Phi) is 365. The van der Waals surface area contributed by atoms with Crippen LogP contribution < -0.4 is 92.6 Å². The SMILES string of the molecule is BrCCNI.C=CCCN.C=CCCNI.CC(C)N.CC(C)NI.CCCCCCCCCCCCCCCCCCN.CCCCCCCCCCCCCCCCCCNI.CCCCCCCCN.CCCCCCCCNI.CCCN.CCCNI.CCN.CCNI.ClCCNI.FCNI.ICCNI.NCCBr.NCCCl.NCCI.NCF. The van der Waals surface area contributed by atoms with Gasteiger partial charge in [0.1, 0.15) is 13.6 Å². The van der Waals surface area contributed by atoms with Crippen LogP contribution in [-0.4, -0.2) is 162 Å². The maximum atomic E-state index is 10.6. The van der Waals surface area contributed by atoms with Crippen LogP contribution in [0.5, 0.6) is 0 Å². The third-order valence-electron chi connectivity index (χ3n) is 14.1. The smallest absolute Gasteiger partial charge is 0.148 e. The molecule has 0 aliphatic heterocycles.